The monoisotopic (exact) mass is 232 g/mol. The number of anilines is 2. The van der Waals surface area contributed by atoms with Crippen LogP contribution in [0.15, 0.2) is 0 Å². The molecule has 0 aliphatic carbocycles. The van der Waals surface area contributed by atoms with Gasteiger partial charge in [0, 0.05) is 6.54 Å². The Hall–Kier alpha value is -2.21. The van der Waals surface area contributed by atoms with Gasteiger partial charge in [0.25, 0.3) is 0 Å². The lowest BCUT2D eigenvalue weighted by molar-refractivity contribution is 0.637. The van der Waals surface area contributed by atoms with E-state index >= 15 is 0 Å². The van der Waals surface area contributed by atoms with Crippen molar-refractivity contribution in [3.05, 3.63) is 5.56 Å². The molecule has 0 aliphatic rings. The van der Waals surface area contributed by atoms with Gasteiger partial charge in [0.2, 0.25) is 0 Å². The van der Waals surface area contributed by atoms with Crippen LogP contribution in [-0.2, 0) is 6.54 Å². The fourth-order valence-electron chi connectivity index (χ4n) is 1.42. The highest BCUT2D eigenvalue weighted by Crippen LogP contribution is 2.20. The number of nitrogen functional groups attached to an aromatic ring is 1. The molecule has 90 valence electrons. The molecule has 6 heteroatoms. The minimum absolute atomic E-state index is 0.321. The first-order chi connectivity index (χ1) is 8.24. The van der Waals surface area contributed by atoms with Gasteiger partial charge in [-0.05, 0) is 6.42 Å². The lowest BCUT2D eigenvalue weighted by atomic mass is 10.3. The van der Waals surface area contributed by atoms with E-state index in [1.165, 1.54) is 4.68 Å². The number of aromatic nitrogens is 2. The molecule has 1 aromatic rings. The van der Waals surface area contributed by atoms with Gasteiger partial charge in [-0.3, -0.25) is 0 Å². The van der Waals surface area contributed by atoms with Gasteiger partial charge >= 0.3 is 0 Å². The van der Waals surface area contributed by atoms with Crippen LogP contribution in [-0.4, -0.2) is 16.3 Å². The lowest BCUT2D eigenvalue weighted by Gasteiger charge is -2.00. The van der Waals surface area contributed by atoms with E-state index in [9.17, 15) is 0 Å². The van der Waals surface area contributed by atoms with Crippen molar-refractivity contribution in [3.63, 3.8) is 0 Å². The summed E-state index contributed by atoms with van der Waals surface area (Å²) >= 11 is 0. The second-order valence-corrected chi connectivity index (χ2v) is 3.63. The van der Waals surface area contributed by atoms with Crippen LogP contribution in [0.5, 0.6) is 0 Å². The minimum Gasteiger partial charge on any atom is -0.383 e. The Morgan fingerprint density at radius 3 is 2.82 bits per heavy atom. The first-order valence-corrected chi connectivity index (χ1v) is 5.61. The molecular weight excluding hydrogens is 216 g/mol. The first-order valence-electron chi connectivity index (χ1n) is 5.61. The molecule has 0 spiro atoms. The summed E-state index contributed by atoms with van der Waals surface area (Å²) < 4.78 is 1.50. The maximum atomic E-state index is 9.01. The number of nitriles is 2. The van der Waals surface area contributed by atoms with E-state index in [0.29, 0.717) is 30.2 Å². The minimum atomic E-state index is 0.321. The molecule has 0 saturated heterocycles. The van der Waals surface area contributed by atoms with Gasteiger partial charge in [-0.15, -0.1) is 0 Å². The molecule has 0 aromatic carbocycles. The molecule has 0 fully saturated rings. The normalized spacial score (nSPS) is 9.59. The summed E-state index contributed by atoms with van der Waals surface area (Å²) in [4.78, 5) is 0. The van der Waals surface area contributed by atoms with Crippen LogP contribution in [0.1, 0.15) is 31.7 Å². The van der Waals surface area contributed by atoms with E-state index in [4.69, 9.17) is 16.3 Å². The van der Waals surface area contributed by atoms with E-state index in [0.717, 1.165) is 19.4 Å². The molecule has 1 rings (SSSR count). The van der Waals surface area contributed by atoms with Gasteiger partial charge in [0.15, 0.2) is 5.82 Å². The summed E-state index contributed by atoms with van der Waals surface area (Å²) in [5.74, 6) is 0.832. The third kappa shape index (κ3) is 3.12. The van der Waals surface area contributed by atoms with Crippen molar-refractivity contribution >= 4 is 11.6 Å². The Kier molecular flexibility index (Phi) is 4.83. The van der Waals surface area contributed by atoms with Crippen LogP contribution in [0.25, 0.3) is 0 Å². The molecule has 1 aromatic heterocycles. The highest BCUT2D eigenvalue weighted by Gasteiger charge is 2.14. The molecule has 0 saturated carbocycles. The van der Waals surface area contributed by atoms with Gasteiger partial charge in [0.05, 0.1) is 19.0 Å². The van der Waals surface area contributed by atoms with Crippen molar-refractivity contribution in [1.82, 2.24) is 9.78 Å². The Balaban J connectivity index is 2.82. The molecule has 0 unspecified atom stereocenters. The van der Waals surface area contributed by atoms with Crippen LogP contribution in [0.3, 0.4) is 0 Å². The number of hydrogen-bond acceptors (Lipinski definition) is 5. The van der Waals surface area contributed by atoms with Gasteiger partial charge in [0.1, 0.15) is 17.5 Å². The van der Waals surface area contributed by atoms with Crippen molar-refractivity contribution in [2.45, 2.75) is 32.7 Å². The summed E-state index contributed by atoms with van der Waals surface area (Å²) in [6.45, 7) is 3.26. The molecule has 0 bridgehead atoms. The third-order valence-corrected chi connectivity index (χ3v) is 2.36. The molecule has 1 heterocycles. The van der Waals surface area contributed by atoms with Crippen LogP contribution in [0.4, 0.5) is 11.6 Å². The largest absolute Gasteiger partial charge is 0.383 e. The Morgan fingerprint density at radius 1 is 1.47 bits per heavy atom. The fraction of sp³-hybridized carbons (Fsp3) is 0.545. The number of nitrogens with one attached hydrogen (secondary N) is 1. The van der Waals surface area contributed by atoms with E-state index in [2.05, 4.69) is 17.3 Å². The molecule has 0 atom stereocenters. The summed E-state index contributed by atoms with van der Waals surface area (Å²) in [6.07, 6.45) is 2.40. The molecule has 0 amide bonds. The zero-order valence-corrected chi connectivity index (χ0v) is 9.90. The lowest BCUT2D eigenvalue weighted by Crippen LogP contribution is -2.05. The van der Waals surface area contributed by atoms with Gasteiger partial charge < -0.3 is 11.1 Å². The third-order valence-electron chi connectivity index (χ3n) is 2.36. The van der Waals surface area contributed by atoms with Crippen LogP contribution >= 0.6 is 0 Å². The molecule has 0 radical (unpaired) electrons. The Bertz CT molecular complexity index is 448. The fourth-order valence-corrected chi connectivity index (χ4v) is 1.42. The maximum absolute atomic E-state index is 9.01. The van der Waals surface area contributed by atoms with Crippen molar-refractivity contribution in [2.75, 3.05) is 17.6 Å². The maximum Gasteiger partial charge on any atom is 0.168 e. The summed E-state index contributed by atoms with van der Waals surface area (Å²) in [5.41, 5.74) is 6.15. The van der Waals surface area contributed by atoms with Crippen molar-refractivity contribution in [1.29, 1.82) is 10.5 Å². The van der Waals surface area contributed by atoms with Crippen LogP contribution in [0.2, 0.25) is 0 Å². The highest BCUT2D eigenvalue weighted by atomic mass is 15.3. The van der Waals surface area contributed by atoms with Crippen molar-refractivity contribution < 1.29 is 0 Å². The van der Waals surface area contributed by atoms with E-state index < -0.39 is 0 Å². The molecule has 6 nitrogen and oxygen atoms in total. The van der Waals surface area contributed by atoms with Crippen molar-refractivity contribution in [3.8, 4) is 12.1 Å². The predicted octanol–water partition coefficient (Wildman–Crippen LogP) is 1.46. The summed E-state index contributed by atoms with van der Waals surface area (Å²) in [6, 6.07) is 4.06. The quantitative estimate of drug-likeness (QED) is 0.723. The second-order valence-electron chi connectivity index (χ2n) is 3.63. The average Bonchev–Trinajstić information content (AvgIpc) is 2.63. The van der Waals surface area contributed by atoms with E-state index in [1.54, 1.807) is 0 Å². The summed E-state index contributed by atoms with van der Waals surface area (Å²) in [7, 11) is 0. The zero-order chi connectivity index (χ0) is 12.7. The number of unbranched alkanes of at least 4 members (excludes halogenated alkanes) is 1. The second kappa shape index (κ2) is 6.39. The standard InChI is InChI=1S/C11H16N6/c1-2-3-6-15-11-9(8-13)10(14)17(16-11)7-4-5-12/h2-4,6-7,14H2,1H3,(H,15,16). The number of hydrogen-bond donors (Lipinski definition) is 2. The Morgan fingerprint density at radius 2 is 2.24 bits per heavy atom. The molecule has 0 aliphatic heterocycles. The van der Waals surface area contributed by atoms with Crippen LogP contribution < -0.4 is 11.1 Å². The first kappa shape index (κ1) is 12.9. The average molecular weight is 232 g/mol. The smallest absolute Gasteiger partial charge is 0.168 e. The summed E-state index contributed by atoms with van der Waals surface area (Å²) in [5, 5.41) is 24.8. The topological polar surface area (TPSA) is 103 Å². The Labute approximate surface area is 101 Å². The predicted molar refractivity (Wildman–Crippen MR) is 65.0 cm³/mol. The van der Waals surface area contributed by atoms with E-state index in [-0.39, 0.29) is 0 Å². The van der Waals surface area contributed by atoms with Gasteiger partial charge in [-0.25, -0.2) is 4.68 Å². The van der Waals surface area contributed by atoms with Crippen LogP contribution in [0, 0.1) is 22.7 Å². The van der Waals surface area contributed by atoms with Crippen molar-refractivity contribution in [2.24, 2.45) is 0 Å². The number of rotatable bonds is 6. The van der Waals surface area contributed by atoms with Gasteiger partial charge in [-0.1, -0.05) is 13.3 Å². The zero-order valence-electron chi connectivity index (χ0n) is 9.90. The highest BCUT2D eigenvalue weighted by molar-refractivity contribution is 5.63. The molecular formula is C11H16N6. The number of nitrogens with two attached hydrogens (primary N) is 1. The van der Waals surface area contributed by atoms with E-state index in [1.807, 2.05) is 12.1 Å². The SMILES string of the molecule is CCCCNc1nn(CCC#N)c(N)c1C#N. The number of aryl methyl sites for hydroxylation is 1. The number of nitrogens with zero attached hydrogens (tertiary/aromatic N) is 4. The molecule has 3 N–H and O–H groups in total. The van der Waals surface area contributed by atoms with Gasteiger partial charge in [-0.2, -0.15) is 15.6 Å². The molecule has 17 heavy (non-hydrogen) atoms.